The minimum atomic E-state index is -0.516. The number of halogens is 1. The molecule has 1 aromatic heterocycles. The molecule has 1 aliphatic rings. The Labute approximate surface area is 70.3 Å². The average Bonchev–Trinajstić information content (AvgIpc) is 2.58. The Bertz CT molecular complexity index is 254. The van der Waals surface area contributed by atoms with Gasteiger partial charge in [-0.15, -0.1) is 0 Å². The van der Waals surface area contributed by atoms with E-state index in [-0.39, 0.29) is 0 Å². The lowest BCUT2D eigenvalue weighted by atomic mass is 10.4. The number of nitrogens with zero attached hydrogens (tertiary/aromatic N) is 3. The second-order valence-electron chi connectivity index (χ2n) is 2.89. The fourth-order valence-electron chi connectivity index (χ4n) is 1.41. The van der Waals surface area contributed by atoms with Crippen LogP contribution in [0.2, 0.25) is 0 Å². The Morgan fingerprint density at radius 3 is 2.50 bits per heavy atom. The number of anilines is 1. The third kappa shape index (κ3) is 1.37. The van der Waals surface area contributed by atoms with Crippen molar-refractivity contribution in [1.29, 1.82) is 0 Å². The fourth-order valence-corrected chi connectivity index (χ4v) is 1.41. The Morgan fingerprint density at radius 1 is 1.17 bits per heavy atom. The van der Waals surface area contributed by atoms with Gasteiger partial charge in [-0.3, -0.25) is 0 Å². The van der Waals surface area contributed by atoms with Crippen LogP contribution in [0, 0.1) is 5.95 Å². The largest absolute Gasteiger partial charge is 0.355 e. The normalized spacial score (nSPS) is 16.9. The molecule has 2 heterocycles. The van der Waals surface area contributed by atoms with Crippen LogP contribution in [0.4, 0.5) is 10.2 Å². The highest BCUT2D eigenvalue weighted by Gasteiger charge is 2.13. The van der Waals surface area contributed by atoms with E-state index in [9.17, 15) is 4.39 Å². The first-order chi connectivity index (χ1) is 5.86. The molecule has 0 saturated carbocycles. The minimum Gasteiger partial charge on any atom is -0.355 e. The van der Waals surface area contributed by atoms with Crippen molar-refractivity contribution >= 4 is 5.82 Å². The second-order valence-corrected chi connectivity index (χ2v) is 2.89. The van der Waals surface area contributed by atoms with Crippen LogP contribution in [-0.4, -0.2) is 23.1 Å². The van der Waals surface area contributed by atoms with Crippen molar-refractivity contribution in [2.75, 3.05) is 18.0 Å². The van der Waals surface area contributed by atoms with Gasteiger partial charge in [0, 0.05) is 13.1 Å². The summed E-state index contributed by atoms with van der Waals surface area (Å²) in [5, 5.41) is 0. The summed E-state index contributed by atoms with van der Waals surface area (Å²) in [6, 6.07) is 0. The molecule has 0 aromatic carbocycles. The lowest BCUT2D eigenvalue weighted by molar-refractivity contribution is 0.576. The van der Waals surface area contributed by atoms with Gasteiger partial charge in [-0.1, -0.05) is 0 Å². The average molecular weight is 167 g/mol. The van der Waals surface area contributed by atoms with Crippen molar-refractivity contribution in [3.63, 3.8) is 0 Å². The summed E-state index contributed by atoms with van der Waals surface area (Å²) in [4.78, 5) is 9.62. The van der Waals surface area contributed by atoms with Crippen LogP contribution >= 0.6 is 0 Å². The Balaban J connectivity index is 2.17. The molecule has 1 saturated heterocycles. The molecule has 0 spiro atoms. The van der Waals surface area contributed by atoms with Crippen molar-refractivity contribution in [2.24, 2.45) is 0 Å². The van der Waals surface area contributed by atoms with Crippen molar-refractivity contribution in [2.45, 2.75) is 12.8 Å². The predicted molar refractivity (Wildman–Crippen MR) is 43.4 cm³/mol. The summed E-state index contributed by atoms with van der Waals surface area (Å²) in [7, 11) is 0. The number of hydrogen-bond donors (Lipinski definition) is 0. The molecule has 64 valence electrons. The van der Waals surface area contributed by atoms with Crippen molar-refractivity contribution in [3.05, 3.63) is 18.3 Å². The molecule has 0 amide bonds. The van der Waals surface area contributed by atoms with E-state index in [0.29, 0.717) is 0 Å². The summed E-state index contributed by atoms with van der Waals surface area (Å²) in [5.74, 6) is 0.270. The number of hydrogen-bond acceptors (Lipinski definition) is 3. The zero-order valence-corrected chi connectivity index (χ0v) is 6.70. The molecule has 0 atom stereocenters. The van der Waals surface area contributed by atoms with Crippen molar-refractivity contribution in [1.82, 2.24) is 9.97 Å². The fraction of sp³-hybridized carbons (Fsp3) is 0.500. The van der Waals surface area contributed by atoms with E-state index in [4.69, 9.17) is 0 Å². The summed E-state index contributed by atoms with van der Waals surface area (Å²) in [5.41, 5.74) is 0. The first-order valence-corrected chi connectivity index (χ1v) is 4.09. The molecule has 1 fully saturated rings. The zero-order valence-electron chi connectivity index (χ0n) is 6.70. The van der Waals surface area contributed by atoms with E-state index in [1.807, 2.05) is 0 Å². The van der Waals surface area contributed by atoms with Gasteiger partial charge in [-0.25, -0.2) is 9.97 Å². The lowest BCUT2D eigenvalue weighted by Gasteiger charge is -2.14. The Morgan fingerprint density at radius 2 is 1.92 bits per heavy atom. The van der Waals surface area contributed by atoms with Gasteiger partial charge in [0.1, 0.15) is 5.82 Å². The van der Waals surface area contributed by atoms with Gasteiger partial charge < -0.3 is 4.90 Å². The molecular weight excluding hydrogens is 157 g/mol. The van der Waals surface area contributed by atoms with Crippen LogP contribution in [0.3, 0.4) is 0 Å². The number of aromatic nitrogens is 2. The SMILES string of the molecule is Fc1cnc(N2CCCC2)cn1. The first kappa shape index (κ1) is 7.46. The number of rotatable bonds is 1. The van der Waals surface area contributed by atoms with Gasteiger partial charge in [0.05, 0.1) is 12.4 Å². The van der Waals surface area contributed by atoms with Crippen LogP contribution in [-0.2, 0) is 0 Å². The molecule has 4 heteroatoms. The van der Waals surface area contributed by atoms with E-state index in [1.54, 1.807) is 0 Å². The van der Waals surface area contributed by atoms with E-state index < -0.39 is 5.95 Å². The quantitative estimate of drug-likeness (QED) is 0.629. The molecular formula is C8H10FN3. The first-order valence-electron chi connectivity index (χ1n) is 4.09. The Kier molecular flexibility index (Phi) is 1.89. The van der Waals surface area contributed by atoms with E-state index >= 15 is 0 Å². The third-order valence-corrected chi connectivity index (χ3v) is 2.04. The molecule has 0 N–H and O–H groups in total. The monoisotopic (exact) mass is 167 g/mol. The minimum absolute atomic E-state index is 0.516. The highest BCUT2D eigenvalue weighted by atomic mass is 19.1. The molecule has 1 aromatic rings. The maximum Gasteiger partial charge on any atom is 0.231 e. The topological polar surface area (TPSA) is 29.0 Å². The van der Waals surface area contributed by atoms with Gasteiger partial charge in [0.2, 0.25) is 5.95 Å². The maximum atomic E-state index is 12.4. The van der Waals surface area contributed by atoms with E-state index in [0.717, 1.165) is 25.1 Å². The summed E-state index contributed by atoms with van der Waals surface area (Å²) in [6.07, 6.45) is 5.03. The highest BCUT2D eigenvalue weighted by Crippen LogP contribution is 2.15. The smallest absolute Gasteiger partial charge is 0.231 e. The molecule has 12 heavy (non-hydrogen) atoms. The van der Waals surface area contributed by atoms with E-state index in [2.05, 4.69) is 14.9 Å². The van der Waals surface area contributed by atoms with Crippen molar-refractivity contribution < 1.29 is 4.39 Å². The molecule has 0 bridgehead atoms. The molecule has 0 unspecified atom stereocenters. The van der Waals surface area contributed by atoms with Gasteiger partial charge in [0.15, 0.2) is 0 Å². The van der Waals surface area contributed by atoms with Crippen LogP contribution in [0.5, 0.6) is 0 Å². The molecule has 2 rings (SSSR count). The summed E-state index contributed by atoms with van der Waals surface area (Å²) >= 11 is 0. The maximum absolute atomic E-state index is 12.4. The van der Waals surface area contributed by atoms with Crippen LogP contribution in [0.1, 0.15) is 12.8 Å². The van der Waals surface area contributed by atoms with Crippen LogP contribution in [0.15, 0.2) is 12.4 Å². The molecule has 0 radical (unpaired) electrons. The van der Waals surface area contributed by atoms with Crippen molar-refractivity contribution in [3.8, 4) is 0 Å². The highest BCUT2D eigenvalue weighted by molar-refractivity contribution is 5.35. The summed E-state index contributed by atoms with van der Waals surface area (Å²) < 4.78 is 12.4. The predicted octanol–water partition coefficient (Wildman–Crippen LogP) is 1.22. The molecule has 0 aliphatic carbocycles. The zero-order chi connectivity index (χ0) is 8.39. The Hall–Kier alpha value is -1.19. The molecule has 3 nitrogen and oxygen atoms in total. The summed E-state index contributed by atoms with van der Waals surface area (Å²) in [6.45, 7) is 2.03. The van der Waals surface area contributed by atoms with Gasteiger partial charge in [0.25, 0.3) is 0 Å². The third-order valence-electron chi connectivity index (χ3n) is 2.04. The van der Waals surface area contributed by atoms with Gasteiger partial charge >= 0.3 is 0 Å². The van der Waals surface area contributed by atoms with E-state index in [1.165, 1.54) is 19.0 Å². The van der Waals surface area contributed by atoms with Crippen LogP contribution < -0.4 is 4.90 Å². The van der Waals surface area contributed by atoms with Crippen LogP contribution in [0.25, 0.3) is 0 Å². The molecule has 1 aliphatic heterocycles. The van der Waals surface area contributed by atoms with Gasteiger partial charge in [-0.05, 0) is 12.8 Å². The lowest BCUT2D eigenvalue weighted by Crippen LogP contribution is -2.19. The van der Waals surface area contributed by atoms with Gasteiger partial charge in [-0.2, -0.15) is 4.39 Å². The second kappa shape index (κ2) is 3.05. The standard InChI is InChI=1S/C8H10FN3/c9-7-5-11-8(6-10-7)12-3-1-2-4-12/h5-6H,1-4H2.